The molecular weight excluding hydrogens is 456 g/mol. The largest absolute Gasteiger partial charge is 0.449 e. The molecule has 178 valence electrons. The fourth-order valence-corrected chi connectivity index (χ4v) is 5.43. The number of carbonyl (C=O) groups is 2. The van der Waals surface area contributed by atoms with Gasteiger partial charge in [0, 0.05) is 42.5 Å². The van der Waals surface area contributed by atoms with E-state index >= 15 is 0 Å². The molecule has 10 heteroatoms. The number of pyridine rings is 1. The highest BCUT2D eigenvalue weighted by Gasteiger charge is 2.54. The van der Waals surface area contributed by atoms with Crippen molar-refractivity contribution in [1.82, 2.24) is 15.2 Å². The normalized spacial score (nSPS) is 19.2. The SMILES string of the molecule is CS(=O)(=O)Nc1ccc(C(=O)N2CCC3(CC2)CC3CNC(=O)c2cc3ccncc3o2)cc1. The van der Waals surface area contributed by atoms with Gasteiger partial charge in [0.2, 0.25) is 10.0 Å². The standard InChI is InChI=1S/C24H26N4O5S/c1-34(31,32)27-19-4-2-16(3-5-19)23(30)28-10-7-24(8-11-28)13-18(24)14-26-22(29)20-12-17-6-9-25-15-21(17)33-20/h2-6,9,12,15,18,27H,7-8,10-11,13-14H2,1H3,(H,26,29). The number of anilines is 1. The smallest absolute Gasteiger partial charge is 0.287 e. The van der Waals surface area contributed by atoms with Gasteiger partial charge in [-0.3, -0.25) is 19.3 Å². The Morgan fingerprint density at radius 2 is 1.91 bits per heavy atom. The van der Waals surface area contributed by atoms with Crippen molar-refractivity contribution in [3.05, 3.63) is 60.1 Å². The highest BCUT2D eigenvalue weighted by atomic mass is 32.2. The van der Waals surface area contributed by atoms with Crippen LogP contribution in [0, 0.1) is 11.3 Å². The summed E-state index contributed by atoms with van der Waals surface area (Å²) in [5, 5.41) is 3.84. The molecule has 1 spiro atoms. The maximum atomic E-state index is 12.9. The van der Waals surface area contributed by atoms with Crippen LogP contribution in [0.3, 0.4) is 0 Å². The van der Waals surface area contributed by atoms with E-state index in [1.807, 2.05) is 4.90 Å². The molecule has 1 unspecified atom stereocenters. The van der Waals surface area contributed by atoms with E-state index in [-0.39, 0.29) is 23.0 Å². The van der Waals surface area contributed by atoms with Crippen molar-refractivity contribution in [2.24, 2.45) is 11.3 Å². The lowest BCUT2D eigenvalue weighted by molar-refractivity contribution is 0.0668. The number of furan rings is 1. The van der Waals surface area contributed by atoms with Crippen LogP contribution in [0.4, 0.5) is 5.69 Å². The number of hydrogen-bond acceptors (Lipinski definition) is 6. The summed E-state index contributed by atoms with van der Waals surface area (Å²) < 4.78 is 30.7. The van der Waals surface area contributed by atoms with E-state index in [0.717, 1.165) is 30.9 Å². The average molecular weight is 483 g/mol. The highest BCUT2D eigenvalue weighted by Crippen LogP contribution is 2.59. The molecule has 1 aromatic carbocycles. The topological polar surface area (TPSA) is 122 Å². The highest BCUT2D eigenvalue weighted by molar-refractivity contribution is 7.92. The Morgan fingerprint density at radius 3 is 2.59 bits per heavy atom. The number of rotatable bonds is 6. The Balaban J connectivity index is 1.11. The summed E-state index contributed by atoms with van der Waals surface area (Å²) >= 11 is 0. The lowest BCUT2D eigenvalue weighted by Gasteiger charge is -2.33. The van der Waals surface area contributed by atoms with Crippen molar-refractivity contribution in [2.45, 2.75) is 19.3 Å². The van der Waals surface area contributed by atoms with Gasteiger partial charge in [-0.2, -0.15) is 0 Å². The minimum absolute atomic E-state index is 0.0503. The third-order valence-electron chi connectivity index (χ3n) is 6.90. The lowest BCUT2D eigenvalue weighted by Crippen LogP contribution is -2.40. The molecule has 1 aliphatic heterocycles. The van der Waals surface area contributed by atoms with E-state index in [1.54, 1.807) is 48.8 Å². The van der Waals surface area contributed by atoms with E-state index in [0.29, 0.717) is 42.4 Å². The quantitative estimate of drug-likeness (QED) is 0.557. The fourth-order valence-electron chi connectivity index (χ4n) is 4.86. The van der Waals surface area contributed by atoms with Crippen molar-refractivity contribution < 1.29 is 22.4 Å². The molecule has 9 nitrogen and oxygen atoms in total. The number of sulfonamides is 1. The predicted octanol–water partition coefficient (Wildman–Crippen LogP) is 2.87. The minimum atomic E-state index is -3.35. The van der Waals surface area contributed by atoms with Gasteiger partial charge in [0.25, 0.3) is 11.8 Å². The Hall–Kier alpha value is -3.40. The molecule has 2 aromatic heterocycles. The summed E-state index contributed by atoms with van der Waals surface area (Å²) in [6.45, 7) is 1.93. The van der Waals surface area contributed by atoms with Crippen LogP contribution >= 0.6 is 0 Å². The van der Waals surface area contributed by atoms with Crippen molar-refractivity contribution >= 4 is 38.5 Å². The molecule has 1 saturated carbocycles. The number of nitrogens with one attached hydrogen (secondary N) is 2. The molecule has 3 heterocycles. The summed E-state index contributed by atoms with van der Waals surface area (Å²) in [4.78, 5) is 31.2. The van der Waals surface area contributed by atoms with E-state index in [1.165, 1.54) is 0 Å². The van der Waals surface area contributed by atoms with Crippen LogP contribution in [0.2, 0.25) is 0 Å². The fraction of sp³-hybridized carbons (Fsp3) is 0.375. The van der Waals surface area contributed by atoms with Gasteiger partial charge >= 0.3 is 0 Å². The average Bonchev–Trinajstić information content (AvgIpc) is 3.28. The van der Waals surface area contributed by atoms with Crippen LogP contribution in [-0.4, -0.2) is 56.0 Å². The number of carbonyl (C=O) groups excluding carboxylic acids is 2. The zero-order chi connectivity index (χ0) is 23.9. The molecule has 1 saturated heterocycles. The van der Waals surface area contributed by atoms with Crippen molar-refractivity contribution in [1.29, 1.82) is 0 Å². The van der Waals surface area contributed by atoms with Gasteiger partial charge in [0.05, 0.1) is 12.5 Å². The maximum absolute atomic E-state index is 12.9. The Labute approximate surface area is 197 Å². The van der Waals surface area contributed by atoms with Crippen molar-refractivity contribution in [2.75, 3.05) is 30.6 Å². The molecule has 0 bridgehead atoms. The zero-order valence-electron chi connectivity index (χ0n) is 18.8. The summed E-state index contributed by atoms with van der Waals surface area (Å²) in [7, 11) is -3.35. The summed E-state index contributed by atoms with van der Waals surface area (Å²) in [5.74, 6) is 0.419. The van der Waals surface area contributed by atoms with Crippen LogP contribution in [0.1, 0.15) is 40.2 Å². The van der Waals surface area contributed by atoms with Gasteiger partial charge in [-0.25, -0.2) is 8.42 Å². The molecule has 3 aromatic rings. The molecule has 1 aliphatic carbocycles. The molecule has 34 heavy (non-hydrogen) atoms. The van der Waals surface area contributed by atoms with Crippen molar-refractivity contribution in [3.8, 4) is 0 Å². The van der Waals surface area contributed by atoms with Gasteiger partial charge in [-0.1, -0.05) is 0 Å². The molecule has 2 amide bonds. The van der Waals surface area contributed by atoms with E-state index in [2.05, 4.69) is 15.0 Å². The van der Waals surface area contributed by atoms with E-state index in [4.69, 9.17) is 4.42 Å². The molecule has 2 aliphatic rings. The summed E-state index contributed by atoms with van der Waals surface area (Å²) in [6.07, 6.45) is 7.20. The molecule has 2 fully saturated rings. The minimum Gasteiger partial charge on any atom is -0.449 e. The second-order valence-corrected chi connectivity index (χ2v) is 11.0. The number of hydrogen-bond donors (Lipinski definition) is 2. The van der Waals surface area contributed by atoms with Crippen molar-refractivity contribution in [3.63, 3.8) is 0 Å². The van der Waals surface area contributed by atoms with Crippen LogP contribution in [0.15, 0.2) is 53.2 Å². The first-order valence-corrected chi connectivity index (χ1v) is 13.1. The monoisotopic (exact) mass is 482 g/mol. The van der Waals surface area contributed by atoms with Gasteiger partial charge in [-0.05, 0) is 67.0 Å². The number of fused-ring (bicyclic) bond motifs is 1. The molecule has 5 rings (SSSR count). The Morgan fingerprint density at radius 1 is 1.18 bits per heavy atom. The van der Waals surface area contributed by atoms with Crippen LogP contribution in [0.25, 0.3) is 11.0 Å². The first-order chi connectivity index (χ1) is 16.2. The number of nitrogens with zero attached hydrogens (tertiary/aromatic N) is 2. The van der Waals surface area contributed by atoms with Crippen LogP contribution in [-0.2, 0) is 10.0 Å². The van der Waals surface area contributed by atoms with Gasteiger partial charge in [0.1, 0.15) is 0 Å². The number of amides is 2. The number of likely N-dealkylation sites (tertiary alicyclic amines) is 1. The third kappa shape index (κ3) is 4.63. The first-order valence-electron chi connectivity index (χ1n) is 11.2. The van der Waals surface area contributed by atoms with Crippen LogP contribution in [0.5, 0.6) is 0 Å². The Bertz CT molecular complexity index is 1310. The number of benzene rings is 1. The number of aromatic nitrogens is 1. The molecular formula is C24H26N4O5S. The predicted molar refractivity (Wildman–Crippen MR) is 127 cm³/mol. The Kier molecular flexibility index (Phi) is 5.55. The second-order valence-electron chi connectivity index (χ2n) is 9.24. The first kappa shape index (κ1) is 22.4. The van der Waals surface area contributed by atoms with Gasteiger partial charge < -0.3 is 14.6 Å². The van der Waals surface area contributed by atoms with E-state index < -0.39 is 10.0 Å². The molecule has 1 atom stereocenters. The van der Waals surface area contributed by atoms with Gasteiger partial charge in [0.15, 0.2) is 11.3 Å². The second kappa shape index (κ2) is 8.43. The van der Waals surface area contributed by atoms with Gasteiger partial charge in [-0.15, -0.1) is 0 Å². The third-order valence-corrected chi connectivity index (χ3v) is 7.50. The summed E-state index contributed by atoms with van der Waals surface area (Å²) in [6, 6.07) is 10.0. The summed E-state index contributed by atoms with van der Waals surface area (Å²) in [5.41, 5.74) is 1.74. The zero-order valence-corrected chi connectivity index (χ0v) is 19.6. The number of piperidine rings is 1. The molecule has 0 radical (unpaired) electrons. The molecule has 2 N–H and O–H groups in total. The maximum Gasteiger partial charge on any atom is 0.287 e. The van der Waals surface area contributed by atoms with E-state index in [9.17, 15) is 18.0 Å². The van der Waals surface area contributed by atoms with Crippen LogP contribution < -0.4 is 10.0 Å². The lowest BCUT2D eigenvalue weighted by atomic mass is 9.90.